The summed E-state index contributed by atoms with van der Waals surface area (Å²) < 4.78 is 13.8. The maximum absolute atomic E-state index is 13.8. The monoisotopic (exact) mass is 268 g/mol. The predicted molar refractivity (Wildman–Crippen MR) is 79.6 cm³/mol. The van der Waals surface area contributed by atoms with Crippen LogP contribution in [0.25, 0.3) is 0 Å². The van der Waals surface area contributed by atoms with Gasteiger partial charge in [-0.2, -0.15) is 0 Å². The number of hydrogen-bond acceptors (Lipinski definition) is 2. The average molecular weight is 268 g/mol. The zero-order chi connectivity index (χ0) is 13.9. The molecule has 2 nitrogen and oxygen atoms in total. The zero-order valence-corrected chi connectivity index (χ0v) is 12.2. The molecule has 100 valence electrons. The van der Waals surface area contributed by atoms with Crippen molar-refractivity contribution in [1.82, 2.24) is 0 Å². The zero-order valence-electron chi connectivity index (χ0n) is 11.4. The Balaban J connectivity index is 3.09. The van der Waals surface area contributed by atoms with Gasteiger partial charge in [-0.1, -0.05) is 32.1 Å². The molecule has 0 amide bonds. The van der Waals surface area contributed by atoms with Crippen LogP contribution in [-0.2, 0) is 0 Å². The highest BCUT2D eigenvalue weighted by Crippen LogP contribution is 2.25. The number of anilines is 1. The van der Waals surface area contributed by atoms with Crippen molar-refractivity contribution in [1.29, 1.82) is 0 Å². The lowest BCUT2D eigenvalue weighted by Gasteiger charge is -2.30. The van der Waals surface area contributed by atoms with Crippen LogP contribution in [0.3, 0.4) is 0 Å². The fourth-order valence-corrected chi connectivity index (χ4v) is 2.33. The fraction of sp³-hybridized carbons (Fsp3) is 0.500. The first-order chi connectivity index (χ1) is 8.34. The second-order valence-electron chi connectivity index (χ2n) is 5.09. The van der Waals surface area contributed by atoms with Crippen LogP contribution >= 0.6 is 12.2 Å². The van der Waals surface area contributed by atoms with Gasteiger partial charge in [-0.05, 0) is 31.4 Å². The highest BCUT2D eigenvalue weighted by molar-refractivity contribution is 7.80. The Morgan fingerprint density at radius 1 is 1.39 bits per heavy atom. The van der Waals surface area contributed by atoms with Gasteiger partial charge >= 0.3 is 0 Å². The Morgan fingerprint density at radius 2 is 2.00 bits per heavy atom. The van der Waals surface area contributed by atoms with Crippen molar-refractivity contribution in [3.63, 3.8) is 0 Å². The van der Waals surface area contributed by atoms with E-state index >= 15 is 0 Å². The summed E-state index contributed by atoms with van der Waals surface area (Å²) in [5.41, 5.74) is 6.72. The van der Waals surface area contributed by atoms with E-state index in [2.05, 4.69) is 20.8 Å². The maximum Gasteiger partial charge on any atom is 0.135 e. The highest BCUT2D eigenvalue weighted by Gasteiger charge is 2.18. The Morgan fingerprint density at radius 3 is 2.50 bits per heavy atom. The van der Waals surface area contributed by atoms with Crippen LogP contribution in [0, 0.1) is 11.7 Å². The summed E-state index contributed by atoms with van der Waals surface area (Å²) in [6, 6.07) is 5.23. The molecule has 0 bridgehead atoms. The van der Waals surface area contributed by atoms with Crippen LogP contribution in [0.4, 0.5) is 10.1 Å². The van der Waals surface area contributed by atoms with Gasteiger partial charge in [0.15, 0.2) is 0 Å². The molecule has 1 atom stereocenters. The Kier molecular flexibility index (Phi) is 5.08. The second-order valence-corrected chi connectivity index (χ2v) is 5.53. The van der Waals surface area contributed by atoms with Crippen LogP contribution in [0.5, 0.6) is 0 Å². The molecule has 0 aliphatic rings. The molecular weight excluding hydrogens is 247 g/mol. The van der Waals surface area contributed by atoms with Gasteiger partial charge in [-0.15, -0.1) is 0 Å². The van der Waals surface area contributed by atoms with Crippen LogP contribution in [-0.4, -0.2) is 18.1 Å². The van der Waals surface area contributed by atoms with E-state index in [1.54, 1.807) is 6.07 Å². The molecule has 0 saturated heterocycles. The molecule has 0 radical (unpaired) electrons. The van der Waals surface area contributed by atoms with Crippen molar-refractivity contribution in [3.8, 4) is 0 Å². The average Bonchev–Trinajstić information content (AvgIpc) is 2.26. The number of halogens is 1. The van der Waals surface area contributed by atoms with Crippen molar-refractivity contribution in [2.75, 3.05) is 11.9 Å². The van der Waals surface area contributed by atoms with Crippen molar-refractivity contribution in [2.45, 2.75) is 33.2 Å². The first-order valence-electron chi connectivity index (χ1n) is 6.15. The molecular formula is C14H21FN2S. The lowest BCUT2D eigenvalue weighted by Crippen LogP contribution is -2.32. The SMILES string of the molecule is CC(C)CC(C)N(C)c1cccc(F)c1C(N)=S. The summed E-state index contributed by atoms with van der Waals surface area (Å²) in [6.45, 7) is 6.46. The van der Waals surface area contributed by atoms with E-state index in [0.29, 0.717) is 17.5 Å². The molecule has 18 heavy (non-hydrogen) atoms. The first kappa shape index (κ1) is 14.9. The number of benzene rings is 1. The first-order valence-corrected chi connectivity index (χ1v) is 6.56. The predicted octanol–water partition coefficient (Wildman–Crippen LogP) is 3.33. The molecule has 1 unspecified atom stereocenters. The summed E-state index contributed by atoms with van der Waals surface area (Å²) in [7, 11) is 1.95. The minimum Gasteiger partial charge on any atom is -0.389 e. The number of rotatable bonds is 5. The lowest BCUT2D eigenvalue weighted by molar-refractivity contribution is 0.503. The van der Waals surface area contributed by atoms with E-state index in [1.807, 2.05) is 18.0 Å². The normalized spacial score (nSPS) is 12.6. The second kappa shape index (κ2) is 6.14. The minimum atomic E-state index is -0.358. The number of nitrogens with two attached hydrogens (primary N) is 1. The quantitative estimate of drug-likeness (QED) is 0.831. The number of nitrogens with zero attached hydrogens (tertiary/aromatic N) is 1. The van der Waals surface area contributed by atoms with Crippen LogP contribution < -0.4 is 10.6 Å². The van der Waals surface area contributed by atoms with Crippen molar-refractivity contribution in [3.05, 3.63) is 29.6 Å². The standard InChI is InChI=1S/C14H21FN2S/c1-9(2)8-10(3)17(4)12-7-5-6-11(15)13(12)14(16)18/h5-7,9-10H,8H2,1-4H3,(H2,16,18). The number of hydrogen-bond donors (Lipinski definition) is 1. The van der Waals surface area contributed by atoms with Gasteiger partial charge < -0.3 is 10.6 Å². The molecule has 2 N–H and O–H groups in total. The maximum atomic E-state index is 13.8. The summed E-state index contributed by atoms with van der Waals surface area (Å²) in [6.07, 6.45) is 1.03. The molecule has 0 saturated carbocycles. The minimum absolute atomic E-state index is 0.103. The Hall–Kier alpha value is -1.16. The molecule has 0 fully saturated rings. The van der Waals surface area contributed by atoms with Crippen LogP contribution in [0.1, 0.15) is 32.8 Å². The molecule has 0 spiro atoms. The number of thiocarbonyl (C=S) groups is 1. The largest absolute Gasteiger partial charge is 0.389 e. The van der Waals surface area contributed by atoms with E-state index in [-0.39, 0.29) is 10.8 Å². The van der Waals surface area contributed by atoms with Crippen molar-refractivity contribution < 1.29 is 4.39 Å². The third-order valence-electron chi connectivity index (χ3n) is 3.09. The van der Waals surface area contributed by atoms with Gasteiger partial charge in [0, 0.05) is 18.8 Å². The van der Waals surface area contributed by atoms with Gasteiger partial charge in [0.2, 0.25) is 0 Å². The molecule has 1 rings (SSSR count). The van der Waals surface area contributed by atoms with E-state index < -0.39 is 0 Å². The Bertz CT molecular complexity index is 432. The molecule has 4 heteroatoms. The summed E-state index contributed by atoms with van der Waals surface area (Å²) in [5, 5.41) is 0. The van der Waals surface area contributed by atoms with Gasteiger partial charge in [-0.3, -0.25) is 0 Å². The van der Waals surface area contributed by atoms with E-state index in [1.165, 1.54) is 6.07 Å². The van der Waals surface area contributed by atoms with Gasteiger partial charge in [0.05, 0.1) is 5.56 Å². The third kappa shape index (κ3) is 3.42. The molecule has 0 heterocycles. The molecule has 0 aromatic heterocycles. The third-order valence-corrected chi connectivity index (χ3v) is 3.30. The topological polar surface area (TPSA) is 29.3 Å². The smallest absolute Gasteiger partial charge is 0.135 e. The molecule has 0 aliphatic heterocycles. The lowest BCUT2D eigenvalue weighted by atomic mass is 10.0. The van der Waals surface area contributed by atoms with Gasteiger partial charge in [0.1, 0.15) is 10.8 Å². The van der Waals surface area contributed by atoms with Crippen molar-refractivity contribution in [2.24, 2.45) is 11.7 Å². The van der Waals surface area contributed by atoms with E-state index in [9.17, 15) is 4.39 Å². The van der Waals surface area contributed by atoms with Crippen molar-refractivity contribution >= 4 is 22.9 Å². The summed E-state index contributed by atoms with van der Waals surface area (Å²) in [4.78, 5) is 2.14. The summed E-state index contributed by atoms with van der Waals surface area (Å²) in [5.74, 6) is 0.230. The van der Waals surface area contributed by atoms with Gasteiger partial charge in [-0.25, -0.2) is 4.39 Å². The Labute approximate surface area is 114 Å². The fourth-order valence-electron chi connectivity index (χ4n) is 2.13. The van der Waals surface area contributed by atoms with Crippen LogP contribution in [0.15, 0.2) is 18.2 Å². The summed E-state index contributed by atoms with van der Waals surface area (Å²) >= 11 is 4.94. The van der Waals surface area contributed by atoms with E-state index in [4.69, 9.17) is 18.0 Å². The molecule has 1 aromatic rings. The molecule has 0 aliphatic carbocycles. The molecule has 1 aromatic carbocycles. The van der Waals surface area contributed by atoms with E-state index in [0.717, 1.165) is 12.1 Å². The van der Waals surface area contributed by atoms with Gasteiger partial charge in [0.25, 0.3) is 0 Å². The highest BCUT2D eigenvalue weighted by atomic mass is 32.1. The van der Waals surface area contributed by atoms with Crippen LogP contribution in [0.2, 0.25) is 0 Å².